The van der Waals surface area contributed by atoms with Crippen LogP contribution in [0, 0.1) is 6.92 Å². The Balaban J connectivity index is 2.24. The smallest absolute Gasteiger partial charge is 0.170 e. The Kier molecular flexibility index (Phi) is 3.52. The molecule has 0 unspecified atom stereocenters. The number of hydrogen-bond donors (Lipinski definition) is 1. The van der Waals surface area contributed by atoms with Crippen molar-refractivity contribution in [3.8, 4) is 0 Å². The van der Waals surface area contributed by atoms with Gasteiger partial charge in [0.2, 0.25) is 0 Å². The summed E-state index contributed by atoms with van der Waals surface area (Å²) in [6.45, 7) is 1.90. The maximum atomic E-state index is 12.2. The number of rotatable bonds is 3. The number of nitrogens with zero attached hydrogens (tertiary/aromatic N) is 2. The van der Waals surface area contributed by atoms with Gasteiger partial charge in [-0.3, -0.25) is 9.48 Å². The quantitative estimate of drug-likeness (QED) is 0.700. The zero-order valence-corrected chi connectivity index (χ0v) is 11.9. The molecule has 0 atom stereocenters. The summed E-state index contributed by atoms with van der Waals surface area (Å²) in [5.74, 6) is 0.00278. The fourth-order valence-corrected chi connectivity index (χ4v) is 2.26. The third-order valence-corrected chi connectivity index (χ3v) is 3.25. The molecule has 1 aromatic carbocycles. The highest BCUT2D eigenvalue weighted by molar-refractivity contribution is 9.10. The van der Waals surface area contributed by atoms with Gasteiger partial charge in [0.25, 0.3) is 0 Å². The zero-order chi connectivity index (χ0) is 13.3. The minimum absolute atomic E-state index is 0.00278. The van der Waals surface area contributed by atoms with Crippen LogP contribution in [0.1, 0.15) is 21.7 Å². The third-order valence-electron chi connectivity index (χ3n) is 2.75. The normalized spacial score (nSPS) is 10.6. The number of anilines is 1. The lowest BCUT2D eigenvalue weighted by Gasteiger charge is -2.05. The van der Waals surface area contributed by atoms with E-state index in [1.54, 1.807) is 16.8 Å². The van der Waals surface area contributed by atoms with Crippen LogP contribution in [0.25, 0.3) is 0 Å². The number of benzene rings is 1. The van der Waals surface area contributed by atoms with Crippen molar-refractivity contribution in [3.63, 3.8) is 0 Å². The summed E-state index contributed by atoms with van der Waals surface area (Å²) < 4.78 is 2.59. The standard InChI is InChI=1S/C13H14BrN3O/c1-8-5-10(17(2)16-8)7-13(18)11-4-3-9(14)6-12(11)15/h3-6H,7,15H2,1-2H3. The summed E-state index contributed by atoms with van der Waals surface area (Å²) in [5, 5.41) is 4.22. The van der Waals surface area contributed by atoms with Crippen LogP contribution in [0.3, 0.4) is 0 Å². The first-order valence-electron chi connectivity index (χ1n) is 5.55. The van der Waals surface area contributed by atoms with Gasteiger partial charge >= 0.3 is 0 Å². The first-order chi connectivity index (χ1) is 8.47. The Morgan fingerprint density at radius 2 is 2.17 bits per heavy atom. The predicted molar refractivity (Wildman–Crippen MR) is 74.5 cm³/mol. The number of nitrogens with two attached hydrogens (primary N) is 1. The van der Waals surface area contributed by atoms with Crippen LogP contribution in [0.5, 0.6) is 0 Å². The molecule has 0 bridgehead atoms. The van der Waals surface area contributed by atoms with Crippen molar-refractivity contribution in [1.29, 1.82) is 0 Å². The van der Waals surface area contributed by atoms with Crippen molar-refractivity contribution in [3.05, 3.63) is 45.7 Å². The molecular formula is C13H14BrN3O. The van der Waals surface area contributed by atoms with E-state index in [9.17, 15) is 4.79 Å². The van der Waals surface area contributed by atoms with E-state index in [4.69, 9.17) is 5.73 Å². The van der Waals surface area contributed by atoms with Gasteiger partial charge in [0.1, 0.15) is 0 Å². The Morgan fingerprint density at radius 1 is 1.44 bits per heavy atom. The number of hydrogen-bond acceptors (Lipinski definition) is 3. The molecule has 94 valence electrons. The molecule has 0 amide bonds. The van der Waals surface area contributed by atoms with Gasteiger partial charge in [0.15, 0.2) is 5.78 Å². The molecule has 0 aliphatic heterocycles. The van der Waals surface area contributed by atoms with E-state index in [-0.39, 0.29) is 5.78 Å². The molecule has 1 heterocycles. The summed E-state index contributed by atoms with van der Waals surface area (Å²) in [4.78, 5) is 12.2. The van der Waals surface area contributed by atoms with Crippen LogP contribution in [-0.4, -0.2) is 15.6 Å². The number of halogens is 1. The maximum absolute atomic E-state index is 12.2. The first kappa shape index (κ1) is 12.8. The van der Waals surface area contributed by atoms with Crippen molar-refractivity contribution in [2.75, 3.05) is 5.73 Å². The molecule has 2 aromatic rings. The van der Waals surface area contributed by atoms with Crippen LogP contribution in [-0.2, 0) is 13.5 Å². The minimum Gasteiger partial charge on any atom is -0.398 e. The molecule has 4 nitrogen and oxygen atoms in total. The van der Waals surface area contributed by atoms with Gasteiger partial charge in [-0.15, -0.1) is 0 Å². The van der Waals surface area contributed by atoms with E-state index in [1.807, 2.05) is 26.1 Å². The Labute approximate surface area is 114 Å². The summed E-state index contributed by atoms with van der Waals surface area (Å²) >= 11 is 3.32. The zero-order valence-electron chi connectivity index (χ0n) is 10.3. The van der Waals surface area contributed by atoms with E-state index >= 15 is 0 Å². The second-order valence-electron chi connectivity index (χ2n) is 4.23. The van der Waals surface area contributed by atoms with E-state index in [0.717, 1.165) is 15.9 Å². The van der Waals surface area contributed by atoms with Crippen molar-refractivity contribution in [1.82, 2.24) is 9.78 Å². The lowest BCUT2D eigenvalue weighted by molar-refractivity contribution is 0.0991. The summed E-state index contributed by atoms with van der Waals surface area (Å²) in [5.41, 5.74) is 8.69. The highest BCUT2D eigenvalue weighted by atomic mass is 79.9. The van der Waals surface area contributed by atoms with Crippen molar-refractivity contribution in [2.24, 2.45) is 7.05 Å². The topological polar surface area (TPSA) is 60.9 Å². The van der Waals surface area contributed by atoms with Gasteiger partial charge in [-0.25, -0.2) is 0 Å². The molecule has 0 saturated carbocycles. The first-order valence-corrected chi connectivity index (χ1v) is 6.34. The molecule has 5 heteroatoms. The molecule has 0 radical (unpaired) electrons. The fourth-order valence-electron chi connectivity index (χ4n) is 1.88. The van der Waals surface area contributed by atoms with Crippen LogP contribution in [0.15, 0.2) is 28.7 Å². The molecule has 2 N–H and O–H groups in total. The highest BCUT2D eigenvalue weighted by Crippen LogP contribution is 2.20. The maximum Gasteiger partial charge on any atom is 0.170 e. The number of carbonyl (C=O) groups excluding carboxylic acids is 1. The van der Waals surface area contributed by atoms with E-state index in [2.05, 4.69) is 21.0 Å². The predicted octanol–water partition coefficient (Wildman–Crippen LogP) is 2.50. The number of Topliss-reactive ketones (excluding diaryl/α,β-unsaturated/α-hetero) is 1. The van der Waals surface area contributed by atoms with Crippen molar-refractivity contribution >= 4 is 27.4 Å². The average Bonchev–Trinajstić information content (AvgIpc) is 2.57. The lowest BCUT2D eigenvalue weighted by Crippen LogP contribution is -2.10. The summed E-state index contributed by atoms with van der Waals surface area (Å²) in [6.07, 6.45) is 0.309. The molecule has 0 saturated heterocycles. The van der Waals surface area contributed by atoms with Gasteiger partial charge in [-0.1, -0.05) is 15.9 Å². The van der Waals surface area contributed by atoms with Gasteiger partial charge in [-0.05, 0) is 31.2 Å². The van der Waals surface area contributed by atoms with Gasteiger partial charge in [-0.2, -0.15) is 5.10 Å². The van der Waals surface area contributed by atoms with Crippen molar-refractivity contribution < 1.29 is 4.79 Å². The average molecular weight is 308 g/mol. The van der Waals surface area contributed by atoms with Gasteiger partial charge in [0, 0.05) is 28.5 Å². The summed E-state index contributed by atoms with van der Waals surface area (Å²) in [6, 6.07) is 7.21. The largest absolute Gasteiger partial charge is 0.398 e. The molecule has 2 rings (SSSR count). The molecule has 0 spiro atoms. The number of nitrogen functional groups attached to an aromatic ring is 1. The number of aryl methyl sites for hydroxylation is 2. The molecule has 1 aromatic heterocycles. The molecule has 0 aliphatic carbocycles. The van der Waals surface area contributed by atoms with E-state index < -0.39 is 0 Å². The molecular weight excluding hydrogens is 294 g/mol. The number of ketones is 1. The van der Waals surface area contributed by atoms with Gasteiger partial charge < -0.3 is 5.73 Å². The molecule has 0 fully saturated rings. The molecule has 18 heavy (non-hydrogen) atoms. The number of aromatic nitrogens is 2. The molecule has 0 aliphatic rings. The Bertz CT molecular complexity index is 604. The van der Waals surface area contributed by atoms with E-state index in [0.29, 0.717) is 17.7 Å². The van der Waals surface area contributed by atoms with Crippen LogP contribution in [0.2, 0.25) is 0 Å². The van der Waals surface area contributed by atoms with Crippen molar-refractivity contribution in [2.45, 2.75) is 13.3 Å². The van der Waals surface area contributed by atoms with Crippen LogP contribution >= 0.6 is 15.9 Å². The highest BCUT2D eigenvalue weighted by Gasteiger charge is 2.13. The summed E-state index contributed by atoms with van der Waals surface area (Å²) in [7, 11) is 1.83. The van der Waals surface area contributed by atoms with Crippen LogP contribution < -0.4 is 5.73 Å². The third kappa shape index (κ3) is 2.61. The second kappa shape index (κ2) is 4.94. The SMILES string of the molecule is Cc1cc(CC(=O)c2ccc(Br)cc2N)n(C)n1. The van der Waals surface area contributed by atoms with E-state index in [1.165, 1.54) is 0 Å². The Morgan fingerprint density at radius 3 is 2.72 bits per heavy atom. The fraction of sp³-hybridized carbons (Fsp3) is 0.231. The minimum atomic E-state index is 0.00278. The second-order valence-corrected chi connectivity index (χ2v) is 5.15. The Hall–Kier alpha value is -1.62. The lowest BCUT2D eigenvalue weighted by atomic mass is 10.0. The van der Waals surface area contributed by atoms with Gasteiger partial charge in [0.05, 0.1) is 12.1 Å². The van der Waals surface area contributed by atoms with Crippen LogP contribution in [0.4, 0.5) is 5.69 Å². The number of carbonyl (C=O) groups is 1. The monoisotopic (exact) mass is 307 g/mol.